The number of carbonyl (C=O) groups is 2. The summed E-state index contributed by atoms with van der Waals surface area (Å²) < 4.78 is 5.02. The van der Waals surface area contributed by atoms with E-state index in [0.717, 1.165) is 19.3 Å². The van der Waals surface area contributed by atoms with E-state index in [1.807, 2.05) is 6.92 Å². The molecule has 0 aliphatic carbocycles. The molecule has 1 aliphatic rings. The lowest BCUT2D eigenvalue weighted by Gasteiger charge is -2.26. The monoisotopic (exact) mass is 258 g/mol. The molecule has 0 saturated carbocycles. The first-order valence-corrected chi connectivity index (χ1v) is 6.36. The number of rotatable bonds is 6. The third-order valence-corrected chi connectivity index (χ3v) is 3.24. The first-order chi connectivity index (χ1) is 8.58. The van der Waals surface area contributed by atoms with Crippen molar-refractivity contribution in [1.82, 2.24) is 10.2 Å². The van der Waals surface area contributed by atoms with Crippen LogP contribution in [-0.2, 0) is 9.53 Å². The highest BCUT2D eigenvalue weighted by Crippen LogP contribution is 2.20. The zero-order valence-electron chi connectivity index (χ0n) is 11.0. The molecule has 0 radical (unpaired) electrons. The lowest BCUT2D eigenvalue weighted by Crippen LogP contribution is -2.48. The van der Waals surface area contributed by atoms with E-state index in [-0.39, 0.29) is 24.5 Å². The number of nitrogens with zero attached hydrogens (tertiary/aromatic N) is 1. The van der Waals surface area contributed by atoms with Gasteiger partial charge in [0.1, 0.15) is 0 Å². The normalized spacial score (nSPS) is 20.8. The van der Waals surface area contributed by atoms with Crippen LogP contribution in [0.15, 0.2) is 0 Å². The van der Waals surface area contributed by atoms with Crippen molar-refractivity contribution in [2.75, 3.05) is 20.3 Å². The fraction of sp³-hybridized carbons (Fsp3) is 0.833. The van der Waals surface area contributed by atoms with Gasteiger partial charge in [-0.15, -0.1) is 0 Å². The second-order valence-electron chi connectivity index (χ2n) is 4.60. The molecule has 6 heteroatoms. The average molecular weight is 258 g/mol. The molecule has 0 spiro atoms. The standard InChI is InChI=1S/C12H22N2O4/c1-3-9(8-18-2)13-12(17)14-6-4-5-10(14)7-11(15)16/h9-10H,3-8H2,1-2H3,(H,13,17)(H,15,16). The quantitative estimate of drug-likeness (QED) is 0.746. The highest BCUT2D eigenvalue weighted by molar-refractivity contribution is 5.76. The fourth-order valence-electron chi connectivity index (χ4n) is 2.24. The Bertz CT molecular complexity index is 296. The number of ether oxygens (including phenoxy) is 1. The highest BCUT2D eigenvalue weighted by atomic mass is 16.5. The van der Waals surface area contributed by atoms with Gasteiger partial charge in [0.2, 0.25) is 0 Å². The van der Waals surface area contributed by atoms with Gasteiger partial charge in [0.05, 0.1) is 19.1 Å². The van der Waals surface area contributed by atoms with Crippen LogP contribution < -0.4 is 5.32 Å². The number of carbonyl (C=O) groups excluding carboxylic acids is 1. The molecular formula is C12H22N2O4. The SMILES string of the molecule is CCC(COC)NC(=O)N1CCCC1CC(=O)O. The van der Waals surface area contributed by atoms with Gasteiger partial charge >= 0.3 is 12.0 Å². The predicted octanol–water partition coefficient (Wildman–Crippen LogP) is 1.06. The number of hydrogen-bond acceptors (Lipinski definition) is 3. The minimum Gasteiger partial charge on any atom is -0.481 e. The highest BCUT2D eigenvalue weighted by Gasteiger charge is 2.31. The molecule has 0 aromatic heterocycles. The van der Waals surface area contributed by atoms with Crippen LogP contribution in [0.1, 0.15) is 32.6 Å². The molecule has 6 nitrogen and oxygen atoms in total. The van der Waals surface area contributed by atoms with Crippen molar-refractivity contribution in [2.45, 2.75) is 44.7 Å². The number of aliphatic carboxylic acids is 1. The first kappa shape index (κ1) is 14.8. The number of hydrogen-bond donors (Lipinski definition) is 2. The van der Waals surface area contributed by atoms with Crippen LogP contribution in [0.5, 0.6) is 0 Å². The van der Waals surface area contributed by atoms with Gasteiger partial charge in [-0.25, -0.2) is 4.79 Å². The fourth-order valence-corrected chi connectivity index (χ4v) is 2.24. The van der Waals surface area contributed by atoms with Crippen molar-refractivity contribution in [3.05, 3.63) is 0 Å². The Morgan fingerprint density at radius 1 is 1.56 bits per heavy atom. The van der Waals surface area contributed by atoms with E-state index in [0.29, 0.717) is 13.2 Å². The molecule has 1 saturated heterocycles. The summed E-state index contributed by atoms with van der Waals surface area (Å²) in [6.07, 6.45) is 2.44. The van der Waals surface area contributed by atoms with E-state index < -0.39 is 5.97 Å². The minimum atomic E-state index is -0.858. The Kier molecular flexibility index (Phi) is 5.91. The molecule has 2 unspecified atom stereocenters. The second-order valence-corrected chi connectivity index (χ2v) is 4.60. The van der Waals surface area contributed by atoms with E-state index in [9.17, 15) is 9.59 Å². The summed E-state index contributed by atoms with van der Waals surface area (Å²) in [5.74, 6) is -0.858. The Morgan fingerprint density at radius 2 is 2.28 bits per heavy atom. The number of carboxylic acids is 1. The topological polar surface area (TPSA) is 78.9 Å². The predicted molar refractivity (Wildman–Crippen MR) is 66.5 cm³/mol. The summed E-state index contributed by atoms with van der Waals surface area (Å²) in [7, 11) is 1.60. The number of nitrogens with one attached hydrogen (secondary N) is 1. The molecular weight excluding hydrogens is 236 g/mol. The Hall–Kier alpha value is -1.30. The lowest BCUT2D eigenvalue weighted by atomic mass is 10.1. The minimum absolute atomic E-state index is 0.0198. The van der Waals surface area contributed by atoms with E-state index in [2.05, 4.69) is 5.32 Å². The van der Waals surface area contributed by atoms with E-state index in [1.54, 1.807) is 12.0 Å². The van der Waals surface area contributed by atoms with Gasteiger partial charge < -0.3 is 20.1 Å². The van der Waals surface area contributed by atoms with Crippen LogP contribution in [0.25, 0.3) is 0 Å². The summed E-state index contributed by atoms with van der Waals surface area (Å²) in [6, 6.07) is -0.376. The van der Waals surface area contributed by atoms with E-state index in [4.69, 9.17) is 9.84 Å². The number of urea groups is 1. The van der Waals surface area contributed by atoms with Crippen LogP contribution >= 0.6 is 0 Å². The Morgan fingerprint density at radius 3 is 2.83 bits per heavy atom. The smallest absolute Gasteiger partial charge is 0.317 e. The van der Waals surface area contributed by atoms with Crippen molar-refractivity contribution in [3.63, 3.8) is 0 Å². The third kappa shape index (κ3) is 4.18. The van der Waals surface area contributed by atoms with Gasteiger partial charge in [0, 0.05) is 19.7 Å². The van der Waals surface area contributed by atoms with Crippen molar-refractivity contribution in [1.29, 1.82) is 0 Å². The van der Waals surface area contributed by atoms with Crippen molar-refractivity contribution >= 4 is 12.0 Å². The zero-order chi connectivity index (χ0) is 13.5. The molecule has 2 amide bonds. The molecule has 104 valence electrons. The van der Waals surface area contributed by atoms with Crippen molar-refractivity contribution < 1.29 is 19.4 Å². The molecule has 2 atom stereocenters. The summed E-state index contributed by atoms with van der Waals surface area (Å²) in [5.41, 5.74) is 0. The molecule has 1 aliphatic heterocycles. The largest absolute Gasteiger partial charge is 0.481 e. The zero-order valence-corrected chi connectivity index (χ0v) is 11.0. The van der Waals surface area contributed by atoms with Crippen LogP contribution in [0.2, 0.25) is 0 Å². The van der Waals surface area contributed by atoms with Gasteiger partial charge in [0.15, 0.2) is 0 Å². The molecule has 0 aromatic rings. The van der Waals surface area contributed by atoms with Crippen LogP contribution in [0, 0.1) is 0 Å². The average Bonchev–Trinajstić information content (AvgIpc) is 2.75. The van der Waals surface area contributed by atoms with Crippen LogP contribution in [0.3, 0.4) is 0 Å². The number of carboxylic acid groups (broad SMARTS) is 1. The Balaban J connectivity index is 2.51. The summed E-state index contributed by atoms with van der Waals surface area (Å²) in [5, 5.41) is 11.7. The van der Waals surface area contributed by atoms with Gasteiger partial charge in [-0.1, -0.05) is 6.92 Å². The maximum absolute atomic E-state index is 12.0. The second kappa shape index (κ2) is 7.20. The maximum Gasteiger partial charge on any atom is 0.317 e. The van der Waals surface area contributed by atoms with Gasteiger partial charge in [0.25, 0.3) is 0 Å². The Labute approximate surface area is 107 Å². The van der Waals surface area contributed by atoms with Gasteiger partial charge in [-0.05, 0) is 19.3 Å². The third-order valence-electron chi connectivity index (χ3n) is 3.24. The molecule has 1 heterocycles. The molecule has 1 rings (SSSR count). The summed E-state index contributed by atoms with van der Waals surface area (Å²) in [6.45, 7) is 3.08. The van der Waals surface area contributed by atoms with E-state index in [1.165, 1.54) is 0 Å². The van der Waals surface area contributed by atoms with Gasteiger partial charge in [-0.3, -0.25) is 4.79 Å². The lowest BCUT2D eigenvalue weighted by molar-refractivity contribution is -0.137. The molecule has 0 bridgehead atoms. The van der Waals surface area contributed by atoms with Gasteiger partial charge in [-0.2, -0.15) is 0 Å². The summed E-state index contributed by atoms with van der Waals surface area (Å²) in [4.78, 5) is 24.4. The van der Waals surface area contributed by atoms with Crippen molar-refractivity contribution in [3.8, 4) is 0 Å². The van der Waals surface area contributed by atoms with Crippen LogP contribution in [-0.4, -0.2) is 54.4 Å². The number of amides is 2. The number of likely N-dealkylation sites (tertiary alicyclic amines) is 1. The molecule has 18 heavy (non-hydrogen) atoms. The molecule has 2 N–H and O–H groups in total. The molecule has 1 fully saturated rings. The number of methoxy groups -OCH3 is 1. The first-order valence-electron chi connectivity index (χ1n) is 6.36. The van der Waals surface area contributed by atoms with Crippen molar-refractivity contribution in [2.24, 2.45) is 0 Å². The van der Waals surface area contributed by atoms with Crippen LogP contribution in [0.4, 0.5) is 4.79 Å². The maximum atomic E-state index is 12.0. The summed E-state index contributed by atoms with van der Waals surface area (Å²) >= 11 is 0. The van der Waals surface area contributed by atoms with E-state index >= 15 is 0 Å². The molecule has 0 aromatic carbocycles.